The molecule has 0 saturated carbocycles. The molecule has 8 nitrogen and oxygen atoms in total. The van der Waals surface area contributed by atoms with E-state index in [0.717, 1.165) is 19.3 Å². The van der Waals surface area contributed by atoms with Crippen LogP contribution in [0.2, 0.25) is 0 Å². The summed E-state index contributed by atoms with van der Waals surface area (Å²) < 4.78 is 47.7. The Balaban J connectivity index is 4.29. The highest BCUT2D eigenvalue weighted by Gasteiger charge is 2.36. The minimum absolute atomic E-state index is 0.139. The Bertz CT molecular complexity index is 691. The number of sulfone groups is 1. The van der Waals surface area contributed by atoms with Crippen molar-refractivity contribution in [2.45, 2.75) is 128 Å². The van der Waals surface area contributed by atoms with E-state index in [9.17, 15) is 13.0 Å². The summed E-state index contributed by atoms with van der Waals surface area (Å²) in [7, 11) is -0.819. The Hall–Kier alpha value is -0.0200. The Morgan fingerprint density at radius 2 is 1.22 bits per heavy atom. The van der Waals surface area contributed by atoms with Crippen LogP contribution in [0.15, 0.2) is 0 Å². The summed E-state index contributed by atoms with van der Waals surface area (Å²) in [6.45, 7) is 3.74. The van der Waals surface area contributed by atoms with Crippen molar-refractivity contribution in [3.63, 3.8) is 0 Å². The summed E-state index contributed by atoms with van der Waals surface area (Å²) in [6.07, 6.45) is 16.8. The molecule has 0 bridgehead atoms. The van der Waals surface area contributed by atoms with E-state index in [-0.39, 0.29) is 18.4 Å². The molecule has 3 atom stereocenters. The number of unbranched alkanes of at least 4 members (excludes halogenated alkanes) is 13. The highest BCUT2D eigenvalue weighted by Crippen LogP contribution is 2.36. The lowest BCUT2D eigenvalue weighted by atomic mass is 10.0. The highest BCUT2D eigenvalue weighted by molar-refractivity contribution is 7.92. The zero-order valence-electron chi connectivity index (χ0n) is 24.0. The molecule has 3 unspecified atom stereocenters. The molecule has 0 aliphatic carbocycles. The predicted molar refractivity (Wildman–Crippen MR) is 149 cm³/mol. The van der Waals surface area contributed by atoms with Crippen molar-refractivity contribution in [1.82, 2.24) is 0 Å². The van der Waals surface area contributed by atoms with Crippen LogP contribution in [0.25, 0.3) is 0 Å². The number of hydrogen-bond acceptors (Lipinski definition) is 5. The predicted octanol–water partition coefficient (Wildman–Crippen LogP) is 5.86. The van der Waals surface area contributed by atoms with E-state index in [1.54, 1.807) is 6.92 Å². The molecule has 0 fully saturated rings. The molecule has 10 heteroatoms. The number of nitrogens with zero attached hydrogens (tertiary/aromatic N) is 1. The Labute approximate surface area is 222 Å². The molecular weight excluding hydrogens is 501 g/mol. The second kappa shape index (κ2) is 19.1. The minimum atomic E-state index is -4.61. The van der Waals surface area contributed by atoms with Crippen molar-refractivity contribution in [2.24, 2.45) is 0 Å². The number of methoxy groups -OCH3 is 1. The minimum Gasteiger partial charge on any atom is -0.380 e. The first-order valence-corrected chi connectivity index (χ1v) is 17.2. The van der Waals surface area contributed by atoms with Crippen LogP contribution in [0.3, 0.4) is 0 Å². The van der Waals surface area contributed by atoms with Gasteiger partial charge in [0.2, 0.25) is 0 Å². The van der Waals surface area contributed by atoms with Crippen LogP contribution in [-0.4, -0.2) is 80.7 Å². The molecule has 0 aromatic heterocycles. The molecule has 0 aromatic rings. The maximum atomic E-state index is 13.0. The lowest BCUT2D eigenvalue weighted by Gasteiger charge is -2.36. The van der Waals surface area contributed by atoms with E-state index in [1.165, 1.54) is 71.3 Å². The number of ether oxygens (including phenoxy) is 1. The number of phosphoric acid groups is 1. The summed E-state index contributed by atoms with van der Waals surface area (Å²) in [5.74, 6) is 0.139. The summed E-state index contributed by atoms with van der Waals surface area (Å²) in [5.41, 5.74) is 0. The average molecular weight is 559 g/mol. The van der Waals surface area contributed by atoms with E-state index >= 15 is 0 Å². The van der Waals surface area contributed by atoms with E-state index in [2.05, 4.69) is 6.92 Å². The monoisotopic (exact) mass is 558 g/mol. The van der Waals surface area contributed by atoms with Gasteiger partial charge in [-0.2, -0.15) is 0 Å². The standard InChI is InChI=1S/C26H56NO7PS/c1-7-8-9-10-11-12-13-14-15-16-17-18-19-20-21-36(31,32)24(2)26(33-6)22-25(27(3,4)5)23-34-35(28,29)30/h24-26H,7-23H2,1-6H3,(H-,28,29,30)/p+1. The fourth-order valence-corrected chi connectivity index (χ4v) is 6.48. The molecule has 0 aliphatic heterocycles. The first kappa shape index (κ1) is 36.0. The summed E-state index contributed by atoms with van der Waals surface area (Å²) in [6, 6.07) is -0.332. The van der Waals surface area contributed by atoms with Gasteiger partial charge in [-0.05, 0) is 13.3 Å². The van der Waals surface area contributed by atoms with Crippen LogP contribution in [-0.2, 0) is 23.7 Å². The molecule has 0 radical (unpaired) electrons. The Morgan fingerprint density at radius 1 is 0.806 bits per heavy atom. The lowest BCUT2D eigenvalue weighted by molar-refractivity contribution is -0.897. The van der Waals surface area contributed by atoms with Crippen molar-refractivity contribution in [1.29, 1.82) is 0 Å². The smallest absolute Gasteiger partial charge is 0.380 e. The lowest BCUT2D eigenvalue weighted by Crippen LogP contribution is -2.51. The third-order valence-electron chi connectivity index (χ3n) is 7.21. The average Bonchev–Trinajstić information content (AvgIpc) is 2.77. The SMILES string of the molecule is CCCCCCCCCCCCCCCCS(=O)(=O)C(C)C(CC(COP(=O)(O)O)[N+](C)(C)C)OC. The highest BCUT2D eigenvalue weighted by atomic mass is 32.2. The molecule has 0 saturated heterocycles. The molecule has 0 amide bonds. The van der Waals surface area contributed by atoms with Crippen LogP contribution in [0, 0.1) is 0 Å². The molecule has 218 valence electrons. The quantitative estimate of drug-likeness (QED) is 0.0867. The molecule has 0 spiro atoms. The molecule has 0 aliphatic rings. The molecule has 0 aromatic carbocycles. The maximum absolute atomic E-state index is 13.0. The van der Waals surface area contributed by atoms with E-state index in [4.69, 9.17) is 19.0 Å². The second-order valence-corrected chi connectivity index (χ2v) is 15.0. The maximum Gasteiger partial charge on any atom is 0.469 e. The largest absolute Gasteiger partial charge is 0.469 e. The normalized spacial score (nSPS) is 15.7. The van der Waals surface area contributed by atoms with Crippen molar-refractivity contribution < 1.29 is 36.5 Å². The van der Waals surface area contributed by atoms with Gasteiger partial charge in [0, 0.05) is 13.5 Å². The van der Waals surface area contributed by atoms with Gasteiger partial charge < -0.3 is 19.0 Å². The first-order chi connectivity index (χ1) is 16.7. The van der Waals surface area contributed by atoms with Gasteiger partial charge in [-0.3, -0.25) is 4.52 Å². The Morgan fingerprint density at radius 3 is 1.58 bits per heavy atom. The fraction of sp³-hybridized carbons (Fsp3) is 1.00. The molecule has 2 N–H and O–H groups in total. The van der Waals surface area contributed by atoms with Crippen LogP contribution in [0.4, 0.5) is 0 Å². The molecule has 36 heavy (non-hydrogen) atoms. The van der Waals surface area contributed by atoms with Gasteiger partial charge in [0.1, 0.15) is 12.6 Å². The van der Waals surface area contributed by atoms with Crippen molar-refractivity contribution in [3.05, 3.63) is 0 Å². The van der Waals surface area contributed by atoms with Crippen molar-refractivity contribution >= 4 is 17.7 Å². The van der Waals surface area contributed by atoms with Gasteiger partial charge >= 0.3 is 7.82 Å². The van der Waals surface area contributed by atoms with Gasteiger partial charge in [-0.25, -0.2) is 13.0 Å². The number of likely N-dealkylation sites (N-methyl/N-ethyl adjacent to an activating group) is 1. The first-order valence-electron chi connectivity index (χ1n) is 14.0. The topological polar surface area (TPSA) is 110 Å². The Kier molecular flexibility index (Phi) is 19.1. The van der Waals surface area contributed by atoms with Crippen LogP contribution >= 0.6 is 7.82 Å². The van der Waals surface area contributed by atoms with Gasteiger partial charge in [0.25, 0.3) is 0 Å². The molecule has 0 heterocycles. The zero-order valence-corrected chi connectivity index (χ0v) is 25.7. The third kappa shape index (κ3) is 18.3. The summed E-state index contributed by atoms with van der Waals surface area (Å²) >= 11 is 0. The third-order valence-corrected chi connectivity index (χ3v) is 9.99. The van der Waals surface area contributed by atoms with Crippen molar-refractivity contribution in [3.8, 4) is 0 Å². The number of quaternary nitrogens is 1. The summed E-state index contributed by atoms with van der Waals surface area (Å²) in [5, 5.41) is -0.700. The van der Waals surface area contributed by atoms with Gasteiger partial charge in [-0.1, -0.05) is 90.4 Å². The van der Waals surface area contributed by atoms with Crippen LogP contribution in [0.5, 0.6) is 0 Å². The summed E-state index contributed by atoms with van der Waals surface area (Å²) in [4.78, 5) is 18.1. The number of phosphoric ester groups is 1. The van der Waals surface area contributed by atoms with Gasteiger partial charge in [0.15, 0.2) is 9.84 Å². The van der Waals surface area contributed by atoms with Gasteiger partial charge in [0.05, 0.1) is 38.2 Å². The van der Waals surface area contributed by atoms with E-state index in [1.807, 2.05) is 21.1 Å². The van der Waals surface area contributed by atoms with E-state index < -0.39 is 29.0 Å². The molecule has 0 rings (SSSR count). The fourth-order valence-electron chi connectivity index (χ4n) is 4.45. The van der Waals surface area contributed by atoms with Crippen molar-refractivity contribution in [2.75, 3.05) is 40.6 Å². The number of hydrogen-bond donors (Lipinski definition) is 2. The molecular formula is C26H57NO7PS+. The zero-order chi connectivity index (χ0) is 27.7. The van der Waals surface area contributed by atoms with E-state index in [0.29, 0.717) is 17.3 Å². The van der Waals surface area contributed by atoms with Crippen LogP contribution < -0.4 is 0 Å². The second-order valence-electron chi connectivity index (χ2n) is 11.2. The van der Waals surface area contributed by atoms with Crippen LogP contribution in [0.1, 0.15) is 110 Å². The van der Waals surface area contributed by atoms with Gasteiger partial charge in [-0.15, -0.1) is 0 Å². The number of rotatable bonds is 24.